The smallest absolute Gasteiger partial charge is 0.319 e. The van der Waals surface area contributed by atoms with Gasteiger partial charge in [-0.05, 0) is 44.0 Å². The molecule has 1 aromatic carbocycles. The van der Waals surface area contributed by atoms with Crippen molar-refractivity contribution in [3.8, 4) is 0 Å². The first-order chi connectivity index (χ1) is 15.0. The Balaban J connectivity index is 1.54. The largest absolute Gasteiger partial charge is 0.379 e. The van der Waals surface area contributed by atoms with E-state index in [1.165, 1.54) is 19.3 Å². The highest BCUT2D eigenvalue weighted by atomic mass is 16.5. The predicted molar refractivity (Wildman–Crippen MR) is 124 cm³/mol. The molecule has 0 radical (unpaired) electrons. The van der Waals surface area contributed by atoms with E-state index in [4.69, 9.17) is 4.74 Å². The summed E-state index contributed by atoms with van der Waals surface area (Å²) in [4.78, 5) is 29.5. The van der Waals surface area contributed by atoms with Gasteiger partial charge in [-0.25, -0.2) is 4.79 Å². The average molecular weight is 432 g/mol. The zero-order valence-electron chi connectivity index (χ0n) is 18.9. The third kappa shape index (κ3) is 7.40. The summed E-state index contributed by atoms with van der Waals surface area (Å²) in [5, 5.41) is 8.97. The SMILES string of the molecule is CN(C)c1ccc(NC(=O)NC2CCCCC2)cc1C(=O)NCCCN1CCOCC1. The van der Waals surface area contributed by atoms with E-state index >= 15 is 0 Å². The van der Waals surface area contributed by atoms with Gasteiger partial charge in [-0.1, -0.05) is 19.3 Å². The summed E-state index contributed by atoms with van der Waals surface area (Å²) in [6, 6.07) is 5.50. The van der Waals surface area contributed by atoms with E-state index in [9.17, 15) is 9.59 Å². The predicted octanol–water partition coefficient (Wildman–Crippen LogP) is 2.66. The summed E-state index contributed by atoms with van der Waals surface area (Å²) in [7, 11) is 3.82. The number of carbonyl (C=O) groups is 2. The molecule has 1 aromatic rings. The van der Waals surface area contributed by atoms with Gasteiger partial charge in [0.2, 0.25) is 0 Å². The first-order valence-corrected chi connectivity index (χ1v) is 11.5. The molecule has 3 N–H and O–H groups in total. The van der Waals surface area contributed by atoms with E-state index in [1.807, 2.05) is 31.1 Å². The van der Waals surface area contributed by atoms with Crippen LogP contribution in [0.15, 0.2) is 18.2 Å². The molecular weight excluding hydrogens is 394 g/mol. The Kier molecular flexibility index (Phi) is 8.97. The zero-order chi connectivity index (χ0) is 22.1. The number of carbonyl (C=O) groups excluding carboxylic acids is 2. The van der Waals surface area contributed by atoms with Crippen molar-refractivity contribution in [1.82, 2.24) is 15.5 Å². The number of nitrogens with zero attached hydrogens (tertiary/aromatic N) is 2. The van der Waals surface area contributed by atoms with Gasteiger partial charge in [0.05, 0.1) is 18.8 Å². The minimum atomic E-state index is -0.207. The van der Waals surface area contributed by atoms with Crippen LogP contribution in [0.2, 0.25) is 0 Å². The average Bonchev–Trinajstić information content (AvgIpc) is 2.77. The number of benzene rings is 1. The summed E-state index contributed by atoms with van der Waals surface area (Å²) in [6.07, 6.45) is 6.54. The van der Waals surface area contributed by atoms with Crippen LogP contribution in [0.4, 0.5) is 16.2 Å². The van der Waals surface area contributed by atoms with Crippen molar-refractivity contribution in [2.24, 2.45) is 0 Å². The van der Waals surface area contributed by atoms with E-state index < -0.39 is 0 Å². The fraction of sp³-hybridized carbons (Fsp3) is 0.652. The van der Waals surface area contributed by atoms with Crippen molar-refractivity contribution in [3.05, 3.63) is 23.8 Å². The van der Waals surface area contributed by atoms with Gasteiger partial charge in [0.1, 0.15) is 0 Å². The molecule has 2 fully saturated rings. The molecule has 8 heteroatoms. The lowest BCUT2D eigenvalue weighted by Gasteiger charge is -2.26. The van der Waals surface area contributed by atoms with Crippen LogP contribution < -0.4 is 20.9 Å². The van der Waals surface area contributed by atoms with Gasteiger partial charge in [-0.15, -0.1) is 0 Å². The van der Waals surface area contributed by atoms with Gasteiger partial charge in [-0.3, -0.25) is 9.69 Å². The maximum absolute atomic E-state index is 12.9. The summed E-state index contributed by atoms with van der Waals surface area (Å²) >= 11 is 0. The normalized spacial score (nSPS) is 17.7. The van der Waals surface area contributed by atoms with Gasteiger partial charge < -0.3 is 25.6 Å². The Hall–Kier alpha value is -2.32. The Morgan fingerprint density at radius 3 is 2.58 bits per heavy atom. The Morgan fingerprint density at radius 2 is 1.87 bits per heavy atom. The molecule has 1 aliphatic carbocycles. The Bertz CT molecular complexity index is 728. The molecule has 0 atom stereocenters. The van der Waals surface area contributed by atoms with Crippen molar-refractivity contribution in [1.29, 1.82) is 0 Å². The minimum absolute atomic E-state index is 0.123. The highest BCUT2D eigenvalue weighted by molar-refractivity contribution is 6.01. The second-order valence-corrected chi connectivity index (χ2v) is 8.62. The number of nitrogens with one attached hydrogen (secondary N) is 3. The third-order valence-electron chi connectivity index (χ3n) is 5.96. The molecule has 2 aliphatic rings. The highest BCUT2D eigenvalue weighted by Crippen LogP contribution is 2.23. The number of morpholine rings is 1. The molecule has 31 heavy (non-hydrogen) atoms. The maximum Gasteiger partial charge on any atom is 0.319 e. The quantitative estimate of drug-likeness (QED) is 0.551. The lowest BCUT2D eigenvalue weighted by atomic mass is 9.96. The second-order valence-electron chi connectivity index (χ2n) is 8.62. The maximum atomic E-state index is 12.9. The van der Waals surface area contributed by atoms with Crippen LogP contribution in [0.3, 0.4) is 0 Å². The van der Waals surface area contributed by atoms with Crippen LogP contribution >= 0.6 is 0 Å². The topological polar surface area (TPSA) is 85.9 Å². The highest BCUT2D eigenvalue weighted by Gasteiger charge is 2.18. The molecule has 0 bridgehead atoms. The summed E-state index contributed by atoms with van der Waals surface area (Å²) in [6.45, 7) is 5.04. The van der Waals surface area contributed by atoms with Crippen molar-refractivity contribution < 1.29 is 14.3 Å². The van der Waals surface area contributed by atoms with Crippen LogP contribution in [0.5, 0.6) is 0 Å². The molecule has 0 spiro atoms. The van der Waals surface area contributed by atoms with Crippen LogP contribution in [0.25, 0.3) is 0 Å². The fourth-order valence-corrected chi connectivity index (χ4v) is 4.21. The first-order valence-electron chi connectivity index (χ1n) is 11.5. The lowest BCUT2D eigenvalue weighted by molar-refractivity contribution is 0.0374. The molecule has 172 valence electrons. The molecule has 3 amide bonds. The third-order valence-corrected chi connectivity index (χ3v) is 5.96. The van der Waals surface area contributed by atoms with Gasteiger partial charge in [0.25, 0.3) is 5.91 Å². The number of urea groups is 1. The molecule has 1 saturated heterocycles. The summed E-state index contributed by atoms with van der Waals surface area (Å²) in [5.41, 5.74) is 2.01. The van der Waals surface area contributed by atoms with Gasteiger partial charge >= 0.3 is 6.03 Å². The molecule has 1 aliphatic heterocycles. The van der Waals surface area contributed by atoms with Crippen molar-refractivity contribution in [3.63, 3.8) is 0 Å². The first kappa shape index (κ1) is 23.3. The van der Waals surface area contributed by atoms with E-state index in [2.05, 4.69) is 20.9 Å². The van der Waals surface area contributed by atoms with Gasteiger partial charge in [0.15, 0.2) is 0 Å². The lowest BCUT2D eigenvalue weighted by Crippen LogP contribution is -2.39. The molecule has 0 aromatic heterocycles. The van der Waals surface area contributed by atoms with E-state index in [-0.39, 0.29) is 18.0 Å². The number of rotatable bonds is 8. The van der Waals surface area contributed by atoms with Crippen molar-refractivity contribution in [2.75, 3.05) is 63.7 Å². The molecule has 0 unspecified atom stereocenters. The number of hydrogen-bond acceptors (Lipinski definition) is 5. The molecule has 1 heterocycles. The number of ether oxygens (including phenoxy) is 1. The van der Waals surface area contributed by atoms with Crippen LogP contribution in [0.1, 0.15) is 48.9 Å². The zero-order valence-corrected chi connectivity index (χ0v) is 18.9. The van der Waals surface area contributed by atoms with E-state index in [0.717, 1.165) is 57.8 Å². The monoisotopic (exact) mass is 431 g/mol. The molecular formula is C23H37N5O3. The molecule has 1 saturated carbocycles. The Morgan fingerprint density at radius 1 is 1.13 bits per heavy atom. The van der Waals surface area contributed by atoms with Gasteiger partial charge in [0, 0.05) is 51.1 Å². The standard InChI is InChI=1S/C23H37N5O3/c1-27(2)21-10-9-19(26-23(30)25-18-7-4-3-5-8-18)17-20(21)22(29)24-11-6-12-28-13-15-31-16-14-28/h9-10,17-18H,3-8,11-16H2,1-2H3,(H,24,29)(H2,25,26,30). The molecule has 8 nitrogen and oxygen atoms in total. The minimum Gasteiger partial charge on any atom is -0.379 e. The molecule has 3 rings (SSSR count). The number of hydrogen-bond donors (Lipinski definition) is 3. The van der Waals surface area contributed by atoms with Crippen molar-refractivity contribution >= 4 is 23.3 Å². The van der Waals surface area contributed by atoms with Crippen LogP contribution in [-0.2, 0) is 4.74 Å². The van der Waals surface area contributed by atoms with E-state index in [0.29, 0.717) is 17.8 Å². The second kappa shape index (κ2) is 11.9. The number of amides is 3. The van der Waals surface area contributed by atoms with Crippen molar-refractivity contribution in [2.45, 2.75) is 44.6 Å². The summed E-state index contributed by atoms with van der Waals surface area (Å²) < 4.78 is 5.37. The van der Waals surface area contributed by atoms with Gasteiger partial charge in [-0.2, -0.15) is 0 Å². The number of anilines is 2. The fourth-order valence-electron chi connectivity index (χ4n) is 4.21. The summed E-state index contributed by atoms with van der Waals surface area (Å²) in [5.74, 6) is -0.123. The Labute approximate surface area is 185 Å². The van der Waals surface area contributed by atoms with Crippen LogP contribution in [-0.4, -0.2) is 76.4 Å². The van der Waals surface area contributed by atoms with E-state index in [1.54, 1.807) is 6.07 Å². The van der Waals surface area contributed by atoms with Crippen LogP contribution in [0, 0.1) is 0 Å².